The van der Waals surface area contributed by atoms with Crippen molar-refractivity contribution in [3.8, 4) is 0 Å². The number of amides is 1. The monoisotopic (exact) mass is 260 g/mol. The van der Waals surface area contributed by atoms with Crippen molar-refractivity contribution in [2.45, 2.75) is 12.5 Å². The molecule has 5 heteroatoms. The third kappa shape index (κ3) is 2.66. The van der Waals surface area contributed by atoms with Gasteiger partial charge in [-0.2, -0.15) is 0 Å². The van der Waals surface area contributed by atoms with Crippen LogP contribution in [0.25, 0.3) is 0 Å². The maximum Gasteiger partial charge on any atom is 0.328 e. The van der Waals surface area contributed by atoms with E-state index in [4.69, 9.17) is 5.11 Å². The van der Waals surface area contributed by atoms with E-state index in [1.807, 2.05) is 18.2 Å². The largest absolute Gasteiger partial charge is 0.478 e. The maximum absolute atomic E-state index is 11.6. The Kier molecular flexibility index (Phi) is 3.66. The van der Waals surface area contributed by atoms with Crippen molar-refractivity contribution in [1.29, 1.82) is 0 Å². The molecule has 0 aliphatic carbocycles. The van der Waals surface area contributed by atoms with Crippen LogP contribution < -0.4 is 10.2 Å². The van der Waals surface area contributed by atoms with Crippen LogP contribution in [0.5, 0.6) is 0 Å². The number of carboxylic acid groups (broad SMARTS) is 1. The van der Waals surface area contributed by atoms with Crippen molar-refractivity contribution in [3.05, 3.63) is 41.5 Å². The van der Waals surface area contributed by atoms with Crippen LogP contribution in [0.2, 0.25) is 0 Å². The summed E-state index contributed by atoms with van der Waals surface area (Å²) < 4.78 is 0. The van der Waals surface area contributed by atoms with Crippen LogP contribution >= 0.6 is 0 Å². The maximum atomic E-state index is 11.6. The Morgan fingerprint density at radius 2 is 2.26 bits per heavy atom. The van der Waals surface area contributed by atoms with E-state index in [0.717, 1.165) is 22.9 Å². The van der Waals surface area contributed by atoms with Gasteiger partial charge in [-0.05, 0) is 24.2 Å². The fourth-order valence-corrected chi connectivity index (χ4v) is 2.24. The van der Waals surface area contributed by atoms with Crippen molar-refractivity contribution in [2.75, 3.05) is 19.0 Å². The molecule has 0 fully saturated rings. The molecule has 1 aromatic carbocycles. The number of nitrogens with one attached hydrogen (secondary N) is 1. The Bertz CT molecular complexity index is 552. The lowest BCUT2D eigenvalue weighted by Gasteiger charge is -2.15. The van der Waals surface area contributed by atoms with Crippen molar-refractivity contribution in [1.82, 2.24) is 5.32 Å². The van der Waals surface area contributed by atoms with E-state index in [2.05, 4.69) is 5.32 Å². The normalized spacial score (nSPS) is 15.9. The molecular weight excluding hydrogens is 244 g/mol. The number of aliphatic carboxylic acids is 1. The Hall–Kier alpha value is -2.14. The zero-order valence-corrected chi connectivity index (χ0v) is 10.9. The van der Waals surface area contributed by atoms with E-state index in [0.29, 0.717) is 6.42 Å². The molecule has 0 bridgehead atoms. The number of likely N-dealkylation sites (N-methyl/N-ethyl adjacent to an activating group) is 2. The van der Waals surface area contributed by atoms with Crippen LogP contribution in [0.1, 0.15) is 17.2 Å². The number of carbonyl (C=O) groups is 2. The molecule has 1 unspecified atom stereocenters. The molecule has 0 aromatic heterocycles. The molecule has 0 saturated heterocycles. The Morgan fingerprint density at radius 1 is 1.53 bits per heavy atom. The summed E-state index contributed by atoms with van der Waals surface area (Å²) >= 11 is 0. The second-order valence-corrected chi connectivity index (χ2v) is 4.48. The lowest BCUT2D eigenvalue weighted by molar-refractivity contribution is -0.131. The predicted molar refractivity (Wildman–Crippen MR) is 72.1 cm³/mol. The summed E-state index contributed by atoms with van der Waals surface area (Å²) in [6.07, 6.45) is 3.11. The first kappa shape index (κ1) is 13.3. The van der Waals surface area contributed by atoms with Crippen LogP contribution in [0, 0.1) is 0 Å². The molecule has 1 aromatic rings. The van der Waals surface area contributed by atoms with Crippen molar-refractivity contribution >= 4 is 17.6 Å². The minimum Gasteiger partial charge on any atom is -0.478 e. The van der Waals surface area contributed by atoms with Gasteiger partial charge in [-0.3, -0.25) is 4.79 Å². The smallest absolute Gasteiger partial charge is 0.328 e. The van der Waals surface area contributed by atoms with Gasteiger partial charge in [0, 0.05) is 18.8 Å². The number of hydrogen-bond acceptors (Lipinski definition) is 3. The van der Waals surface area contributed by atoms with Crippen molar-refractivity contribution < 1.29 is 14.7 Å². The SMILES string of the molecule is CNC(/C=C/C(=O)O)c1ccc2c(c1)CC(=O)N2C. The number of carbonyl (C=O) groups excluding carboxylic acids is 1. The van der Waals surface area contributed by atoms with Gasteiger partial charge in [-0.25, -0.2) is 4.79 Å². The third-order valence-electron chi connectivity index (χ3n) is 3.28. The first-order valence-electron chi connectivity index (χ1n) is 6.00. The minimum absolute atomic E-state index is 0.0780. The number of carboxylic acids is 1. The molecule has 1 heterocycles. The average molecular weight is 260 g/mol. The number of anilines is 1. The number of nitrogens with zero attached hydrogens (tertiary/aromatic N) is 1. The van der Waals surface area contributed by atoms with Crippen LogP contribution in [0.4, 0.5) is 5.69 Å². The van der Waals surface area contributed by atoms with E-state index < -0.39 is 5.97 Å². The summed E-state index contributed by atoms with van der Waals surface area (Å²) in [7, 11) is 3.52. The van der Waals surface area contributed by atoms with Gasteiger partial charge in [-0.1, -0.05) is 18.2 Å². The first-order valence-corrected chi connectivity index (χ1v) is 6.00. The van der Waals surface area contributed by atoms with E-state index >= 15 is 0 Å². The Balaban J connectivity index is 2.29. The molecule has 1 atom stereocenters. The van der Waals surface area contributed by atoms with Gasteiger partial charge < -0.3 is 15.3 Å². The fraction of sp³-hybridized carbons (Fsp3) is 0.286. The number of fused-ring (bicyclic) bond motifs is 1. The van der Waals surface area contributed by atoms with E-state index in [1.54, 1.807) is 25.1 Å². The summed E-state index contributed by atoms with van der Waals surface area (Å²) in [6.45, 7) is 0. The molecule has 2 rings (SSSR count). The van der Waals surface area contributed by atoms with Crippen LogP contribution in [-0.4, -0.2) is 31.1 Å². The van der Waals surface area contributed by atoms with Gasteiger partial charge in [0.15, 0.2) is 0 Å². The summed E-state index contributed by atoms with van der Waals surface area (Å²) in [5.41, 5.74) is 2.85. The number of rotatable bonds is 4. The lowest BCUT2D eigenvalue weighted by Crippen LogP contribution is -2.20. The fourth-order valence-electron chi connectivity index (χ4n) is 2.24. The molecule has 1 aliphatic heterocycles. The molecule has 2 N–H and O–H groups in total. The van der Waals surface area contributed by atoms with E-state index in [-0.39, 0.29) is 11.9 Å². The molecule has 0 saturated carbocycles. The highest BCUT2D eigenvalue weighted by molar-refractivity contribution is 6.00. The minimum atomic E-state index is -0.976. The molecular formula is C14H16N2O3. The first-order chi connectivity index (χ1) is 9.02. The lowest BCUT2D eigenvalue weighted by atomic mass is 10.0. The second-order valence-electron chi connectivity index (χ2n) is 4.48. The quantitative estimate of drug-likeness (QED) is 0.796. The van der Waals surface area contributed by atoms with Crippen molar-refractivity contribution in [3.63, 3.8) is 0 Å². The van der Waals surface area contributed by atoms with Crippen LogP contribution in [0.15, 0.2) is 30.4 Å². The number of hydrogen-bond donors (Lipinski definition) is 2. The van der Waals surface area contributed by atoms with Crippen molar-refractivity contribution in [2.24, 2.45) is 0 Å². The molecule has 1 aliphatic rings. The Labute approximate surface area is 111 Å². The van der Waals surface area contributed by atoms with Gasteiger partial charge in [0.25, 0.3) is 0 Å². The molecule has 100 valence electrons. The average Bonchev–Trinajstić information content (AvgIpc) is 2.65. The second kappa shape index (κ2) is 5.24. The summed E-state index contributed by atoms with van der Waals surface area (Å²) in [6, 6.07) is 5.57. The molecule has 1 amide bonds. The zero-order chi connectivity index (χ0) is 14.0. The van der Waals surface area contributed by atoms with Crippen LogP contribution in [-0.2, 0) is 16.0 Å². The highest BCUT2D eigenvalue weighted by atomic mass is 16.4. The molecule has 5 nitrogen and oxygen atoms in total. The topological polar surface area (TPSA) is 69.6 Å². The standard InChI is InChI=1S/C14H16N2O3/c1-15-11(4-6-14(18)19)9-3-5-12-10(7-9)8-13(17)16(12)2/h3-7,11,15H,8H2,1-2H3,(H,18,19)/b6-4+. The molecule has 0 radical (unpaired) electrons. The summed E-state index contributed by atoms with van der Waals surface area (Å²) in [4.78, 5) is 23.8. The van der Waals surface area contributed by atoms with E-state index in [1.165, 1.54) is 0 Å². The third-order valence-corrected chi connectivity index (χ3v) is 3.28. The Morgan fingerprint density at radius 3 is 2.89 bits per heavy atom. The van der Waals surface area contributed by atoms with Gasteiger partial charge in [0.2, 0.25) is 5.91 Å². The van der Waals surface area contributed by atoms with Gasteiger partial charge in [-0.15, -0.1) is 0 Å². The summed E-state index contributed by atoms with van der Waals surface area (Å²) in [5, 5.41) is 11.7. The van der Waals surface area contributed by atoms with E-state index in [9.17, 15) is 9.59 Å². The highest BCUT2D eigenvalue weighted by Crippen LogP contribution is 2.30. The van der Waals surface area contributed by atoms with Gasteiger partial charge in [0.05, 0.1) is 12.5 Å². The number of benzene rings is 1. The van der Waals surface area contributed by atoms with Gasteiger partial charge >= 0.3 is 5.97 Å². The molecule has 19 heavy (non-hydrogen) atoms. The highest BCUT2D eigenvalue weighted by Gasteiger charge is 2.24. The van der Waals surface area contributed by atoms with Gasteiger partial charge in [0.1, 0.15) is 0 Å². The zero-order valence-electron chi connectivity index (χ0n) is 10.9. The van der Waals surface area contributed by atoms with Crippen LogP contribution in [0.3, 0.4) is 0 Å². The molecule has 0 spiro atoms. The summed E-state index contributed by atoms with van der Waals surface area (Å²) in [5.74, 6) is -0.898. The predicted octanol–water partition coefficient (Wildman–Crippen LogP) is 1.11.